The molecule has 0 radical (unpaired) electrons. The highest BCUT2D eigenvalue weighted by atomic mass is 35.5. The van der Waals surface area contributed by atoms with Gasteiger partial charge in [0.1, 0.15) is 0 Å². The number of anilines is 1. The first kappa shape index (κ1) is 14.2. The number of carbonyl (C=O) groups excluding carboxylic acids is 1. The van der Waals surface area contributed by atoms with Crippen molar-refractivity contribution in [3.8, 4) is 0 Å². The Labute approximate surface area is 118 Å². The highest BCUT2D eigenvalue weighted by Crippen LogP contribution is 2.23. The van der Waals surface area contributed by atoms with Crippen molar-refractivity contribution in [2.75, 3.05) is 25.4 Å². The van der Waals surface area contributed by atoms with Crippen LogP contribution in [0.4, 0.5) is 5.69 Å². The van der Waals surface area contributed by atoms with Gasteiger partial charge < -0.3 is 15.4 Å². The lowest BCUT2D eigenvalue weighted by atomic mass is 10.1. The van der Waals surface area contributed by atoms with Gasteiger partial charge in [0.05, 0.1) is 16.7 Å². The van der Waals surface area contributed by atoms with Gasteiger partial charge in [0.25, 0.3) is 5.91 Å². The van der Waals surface area contributed by atoms with Crippen LogP contribution < -0.4 is 5.73 Å². The highest BCUT2D eigenvalue weighted by Gasteiger charge is 2.25. The fourth-order valence-corrected chi connectivity index (χ4v) is 2.64. The summed E-state index contributed by atoms with van der Waals surface area (Å²) in [7, 11) is 0. The molecule has 0 spiro atoms. The Hall–Kier alpha value is -1.26. The van der Waals surface area contributed by atoms with Crippen molar-refractivity contribution < 1.29 is 9.53 Å². The van der Waals surface area contributed by atoms with Crippen LogP contribution in [0.3, 0.4) is 0 Å². The Kier molecular flexibility index (Phi) is 4.66. The van der Waals surface area contributed by atoms with Crippen molar-refractivity contribution in [3.63, 3.8) is 0 Å². The first-order chi connectivity index (χ1) is 9.11. The lowest BCUT2D eigenvalue weighted by Gasteiger charge is -2.32. The molecule has 1 aromatic rings. The van der Waals surface area contributed by atoms with Gasteiger partial charge in [-0.2, -0.15) is 0 Å². The number of hydrogen-bond acceptors (Lipinski definition) is 3. The summed E-state index contributed by atoms with van der Waals surface area (Å²) in [6, 6.07) is 4.99. The maximum absolute atomic E-state index is 12.4. The second-order valence-electron chi connectivity index (χ2n) is 4.71. The second kappa shape index (κ2) is 6.26. The van der Waals surface area contributed by atoms with Gasteiger partial charge in [-0.25, -0.2) is 0 Å². The van der Waals surface area contributed by atoms with E-state index in [0.29, 0.717) is 29.4 Å². The average Bonchev–Trinajstić information content (AvgIpc) is 2.39. The lowest BCUT2D eigenvalue weighted by Crippen LogP contribution is -2.43. The number of benzene rings is 1. The number of halogens is 1. The molecular weight excluding hydrogens is 264 g/mol. The van der Waals surface area contributed by atoms with E-state index in [2.05, 4.69) is 0 Å². The second-order valence-corrected chi connectivity index (χ2v) is 5.12. The number of likely N-dealkylation sites (tertiary alicyclic amines) is 1. The molecule has 0 bridgehead atoms. The van der Waals surface area contributed by atoms with Crippen molar-refractivity contribution in [1.29, 1.82) is 0 Å². The predicted molar refractivity (Wildman–Crippen MR) is 76.4 cm³/mol. The molecule has 0 aromatic heterocycles. The zero-order chi connectivity index (χ0) is 13.8. The van der Waals surface area contributed by atoms with Gasteiger partial charge in [-0.1, -0.05) is 11.6 Å². The summed E-state index contributed by atoms with van der Waals surface area (Å²) in [5.74, 6) is -0.0468. The topological polar surface area (TPSA) is 55.6 Å². The number of ether oxygens (including phenoxy) is 1. The standard InChI is InChI=1S/C14H19ClN2O2/c1-2-19-11-4-3-7-17(9-11)14(18)12-6-5-10(16)8-13(12)15/h5-6,8,11H,2-4,7,9,16H2,1H3. The molecule has 1 aromatic carbocycles. The summed E-state index contributed by atoms with van der Waals surface area (Å²) in [5.41, 5.74) is 6.71. The summed E-state index contributed by atoms with van der Waals surface area (Å²) in [4.78, 5) is 14.2. The maximum Gasteiger partial charge on any atom is 0.255 e. The molecule has 1 atom stereocenters. The van der Waals surface area contributed by atoms with Crippen molar-refractivity contribution in [2.24, 2.45) is 0 Å². The highest BCUT2D eigenvalue weighted by molar-refractivity contribution is 6.34. The molecule has 2 rings (SSSR count). The first-order valence-electron chi connectivity index (χ1n) is 6.57. The third-order valence-electron chi connectivity index (χ3n) is 3.29. The van der Waals surface area contributed by atoms with E-state index in [0.717, 1.165) is 19.4 Å². The van der Waals surface area contributed by atoms with E-state index in [1.54, 1.807) is 23.1 Å². The SMILES string of the molecule is CCOC1CCCN(C(=O)c2ccc(N)cc2Cl)C1. The minimum atomic E-state index is -0.0468. The Morgan fingerprint density at radius 1 is 1.58 bits per heavy atom. The van der Waals surface area contributed by atoms with E-state index in [-0.39, 0.29) is 12.0 Å². The number of hydrogen-bond donors (Lipinski definition) is 1. The number of rotatable bonds is 3. The number of nitrogens with two attached hydrogens (primary N) is 1. The lowest BCUT2D eigenvalue weighted by molar-refractivity contribution is 0.00725. The summed E-state index contributed by atoms with van der Waals surface area (Å²) in [5, 5.41) is 0.406. The van der Waals surface area contributed by atoms with Crippen LogP contribution in [-0.2, 0) is 4.74 Å². The van der Waals surface area contributed by atoms with Crippen molar-refractivity contribution in [2.45, 2.75) is 25.9 Å². The van der Waals surface area contributed by atoms with E-state index in [1.165, 1.54) is 0 Å². The fourth-order valence-electron chi connectivity index (χ4n) is 2.37. The zero-order valence-corrected chi connectivity index (χ0v) is 11.8. The quantitative estimate of drug-likeness (QED) is 0.867. The zero-order valence-electron chi connectivity index (χ0n) is 11.1. The van der Waals surface area contributed by atoms with Gasteiger partial charge in [0, 0.05) is 25.4 Å². The Bertz CT molecular complexity index is 463. The van der Waals surface area contributed by atoms with E-state index in [9.17, 15) is 4.79 Å². The normalized spacial score (nSPS) is 19.5. The predicted octanol–water partition coefficient (Wildman–Crippen LogP) is 2.56. The minimum absolute atomic E-state index is 0.0468. The number of nitrogens with zero attached hydrogens (tertiary/aromatic N) is 1. The minimum Gasteiger partial charge on any atom is -0.399 e. The fraction of sp³-hybridized carbons (Fsp3) is 0.500. The van der Waals surface area contributed by atoms with Gasteiger partial charge in [0.15, 0.2) is 0 Å². The molecule has 1 amide bonds. The molecule has 0 saturated carbocycles. The van der Waals surface area contributed by atoms with E-state index >= 15 is 0 Å². The Morgan fingerprint density at radius 3 is 3.05 bits per heavy atom. The molecule has 1 heterocycles. The van der Waals surface area contributed by atoms with Crippen LogP contribution in [0.1, 0.15) is 30.1 Å². The van der Waals surface area contributed by atoms with E-state index in [1.807, 2.05) is 6.92 Å². The molecule has 1 aliphatic rings. The van der Waals surface area contributed by atoms with E-state index in [4.69, 9.17) is 22.1 Å². The van der Waals surface area contributed by atoms with Crippen molar-refractivity contribution in [1.82, 2.24) is 4.90 Å². The number of piperidine rings is 1. The molecule has 1 fully saturated rings. The Balaban J connectivity index is 2.10. The molecule has 1 saturated heterocycles. The van der Waals surface area contributed by atoms with Crippen LogP contribution in [0, 0.1) is 0 Å². The molecule has 5 heteroatoms. The van der Waals surface area contributed by atoms with E-state index < -0.39 is 0 Å². The summed E-state index contributed by atoms with van der Waals surface area (Å²) in [6.07, 6.45) is 2.10. The molecule has 0 aliphatic carbocycles. The van der Waals surface area contributed by atoms with Crippen LogP contribution >= 0.6 is 11.6 Å². The van der Waals surface area contributed by atoms with Crippen LogP contribution in [0.5, 0.6) is 0 Å². The summed E-state index contributed by atoms with van der Waals surface area (Å²) in [6.45, 7) is 4.03. The van der Waals surface area contributed by atoms with Gasteiger partial charge in [-0.3, -0.25) is 4.79 Å². The molecule has 2 N–H and O–H groups in total. The van der Waals surface area contributed by atoms with Crippen LogP contribution in [-0.4, -0.2) is 36.6 Å². The maximum atomic E-state index is 12.4. The van der Waals surface area contributed by atoms with Crippen LogP contribution in [0.2, 0.25) is 5.02 Å². The molecule has 1 unspecified atom stereocenters. The molecule has 104 valence electrons. The Morgan fingerprint density at radius 2 is 2.37 bits per heavy atom. The third kappa shape index (κ3) is 3.39. The van der Waals surface area contributed by atoms with Gasteiger partial charge in [0.2, 0.25) is 0 Å². The molecule has 1 aliphatic heterocycles. The largest absolute Gasteiger partial charge is 0.399 e. The van der Waals surface area contributed by atoms with Crippen LogP contribution in [0.15, 0.2) is 18.2 Å². The molecule has 4 nitrogen and oxygen atoms in total. The van der Waals surface area contributed by atoms with Gasteiger partial charge in [-0.05, 0) is 38.0 Å². The monoisotopic (exact) mass is 282 g/mol. The van der Waals surface area contributed by atoms with Crippen molar-refractivity contribution >= 4 is 23.2 Å². The number of carbonyl (C=O) groups is 1. The average molecular weight is 283 g/mol. The smallest absolute Gasteiger partial charge is 0.255 e. The van der Waals surface area contributed by atoms with Gasteiger partial charge in [-0.15, -0.1) is 0 Å². The summed E-state index contributed by atoms with van der Waals surface area (Å²) < 4.78 is 5.60. The molecular formula is C14H19ClN2O2. The first-order valence-corrected chi connectivity index (χ1v) is 6.95. The molecule has 19 heavy (non-hydrogen) atoms. The summed E-state index contributed by atoms with van der Waals surface area (Å²) >= 11 is 6.08. The van der Waals surface area contributed by atoms with Crippen molar-refractivity contribution in [3.05, 3.63) is 28.8 Å². The number of amides is 1. The number of nitrogen functional groups attached to an aromatic ring is 1. The third-order valence-corrected chi connectivity index (χ3v) is 3.60. The van der Waals surface area contributed by atoms with Gasteiger partial charge >= 0.3 is 0 Å². The van der Waals surface area contributed by atoms with Crippen LogP contribution in [0.25, 0.3) is 0 Å².